The van der Waals surface area contributed by atoms with Crippen molar-refractivity contribution in [3.05, 3.63) is 34.7 Å². The van der Waals surface area contributed by atoms with Gasteiger partial charge in [0.2, 0.25) is 0 Å². The van der Waals surface area contributed by atoms with Gasteiger partial charge >= 0.3 is 0 Å². The fourth-order valence-electron chi connectivity index (χ4n) is 4.05. The fourth-order valence-corrected chi connectivity index (χ4v) is 4.30. The average Bonchev–Trinajstić information content (AvgIpc) is 3.52. The van der Waals surface area contributed by atoms with Crippen molar-refractivity contribution in [3.63, 3.8) is 0 Å². The van der Waals surface area contributed by atoms with Gasteiger partial charge in [0.15, 0.2) is 11.8 Å². The smallest absolute Gasteiger partial charge is 0.296 e. The Labute approximate surface area is 183 Å². The topological polar surface area (TPSA) is 117 Å². The van der Waals surface area contributed by atoms with Crippen LogP contribution in [0.5, 0.6) is 6.01 Å². The number of hydrogen-bond donors (Lipinski definition) is 2. The first-order chi connectivity index (χ1) is 15.1. The average molecular weight is 450 g/mol. The third kappa shape index (κ3) is 4.13. The van der Waals surface area contributed by atoms with E-state index in [0.29, 0.717) is 48.4 Å². The van der Waals surface area contributed by atoms with Crippen LogP contribution in [-0.2, 0) is 33.6 Å². The van der Waals surface area contributed by atoms with Crippen LogP contribution in [0, 0.1) is 0 Å². The lowest BCUT2D eigenvalue weighted by molar-refractivity contribution is 0.00706. The minimum Gasteiger partial charge on any atom is -0.456 e. The molecule has 4 atom stereocenters. The molecule has 0 bridgehead atoms. The Morgan fingerprint density at radius 1 is 1.26 bits per heavy atom. The summed E-state index contributed by atoms with van der Waals surface area (Å²) in [6, 6.07) is 4.12. The van der Waals surface area contributed by atoms with Crippen LogP contribution in [0.25, 0.3) is 11.2 Å². The largest absolute Gasteiger partial charge is 0.456 e. The zero-order valence-corrected chi connectivity index (χ0v) is 17.8. The van der Waals surface area contributed by atoms with Gasteiger partial charge in [-0.15, -0.1) is 0 Å². The molecule has 2 fully saturated rings. The Kier molecular flexibility index (Phi) is 5.81. The van der Waals surface area contributed by atoms with Crippen LogP contribution in [0.4, 0.5) is 0 Å². The highest BCUT2D eigenvalue weighted by molar-refractivity contribution is 6.31. The van der Waals surface area contributed by atoms with Gasteiger partial charge in [0.05, 0.1) is 42.6 Å². The molecule has 0 spiro atoms. The number of fused-ring (bicyclic) bond motifs is 2. The van der Waals surface area contributed by atoms with E-state index >= 15 is 0 Å². The number of nitrogens with zero attached hydrogens (tertiary/aromatic N) is 4. The first-order valence-electron chi connectivity index (χ1n) is 10.2. The number of H-pyrrole nitrogens is 1. The van der Waals surface area contributed by atoms with Gasteiger partial charge in [0.1, 0.15) is 18.3 Å². The van der Waals surface area contributed by atoms with Crippen LogP contribution in [-0.4, -0.2) is 81.2 Å². The van der Waals surface area contributed by atoms with Gasteiger partial charge in [-0.1, -0.05) is 11.6 Å². The second-order valence-corrected chi connectivity index (χ2v) is 8.10. The molecule has 0 radical (unpaired) electrons. The second kappa shape index (κ2) is 8.71. The minimum atomic E-state index is -0.622. The summed E-state index contributed by atoms with van der Waals surface area (Å²) in [5.41, 5.74) is 3.08. The van der Waals surface area contributed by atoms with Gasteiger partial charge in [-0.25, -0.2) is 4.98 Å². The Balaban J connectivity index is 1.28. The highest BCUT2D eigenvalue weighted by Crippen LogP contribution is 2.30. The summed E-state index contributed by atoms with van der Waals surface area (Å²) in [7, 11) is 1.67. The number of aromatic amines is 1. The van der Waals surface area contributed by atoms with Gasteiger partial charge in [-0.3, -0.25) is 4.68 Å². The number of pyridine rings is 1. The van der Waals surface area contributed by atoms with Crippen molar-refractivity contribution in [1.82, 2.24) is 24.7 Å². The molecular weight excluding hydrogens is 426 g/mol. The van der Waals surface area contributed by atoms with Gasteiger partial charge in [-0.05, 0) is 25.0 Å². The van der Waals surface area contributed by atoms with E-state index in [1.165, 1.54) is 0 Å². The number of rotatable bonds is 8. The molecule has 3 aromatic rings. The Morgan fingerprint density at radius 3 is 3.00 bits per heavy atom. The molecule has 2 aliphatic heterocycles. The SMILES string of the molecule is COCCn1nccc1CCc1nc2nc(O[C@@H]3CO[C@H]4[C@@H]3OC[C@H]4O)[nH]c2cc1Cl. The molecule has 0 unspecified atom stereocenters. The normalized spacial score (nSPS) is 25.4. The number of aliphatic hydroxyl groups excluding tert-OH is 1. The second-order valence-electron chi connectivity index (χ2n) is 7.69. The standard InChI is InChI=1S/C20H24ClN5O5/c1-28-7-6-26-11(4-5-22-26)2-3-13-12(21)8-14-19(23-13)25-20(24-14)31-16-10-30-17-15(27)9-29-18(16)17/h4-5,8,15-18,27H,2-3,6-7,9-10H2,1H3,(H,23,24,25)/t15-,16-,17-,18-/m1/s1. The molecule has 2 N–H and O–H groups in total. The maximum absolute atomic E-state index is 9.87. The van der Waals surface area contributed by atoms with E-state index in [-0.39, 0.29) is 24.9 Å². The van der Waals surface area contributed by atoms with E-state index in [2.05, 4.69) is 20.1 Å². The van der Waals surface area contributed by atoms with E-state index in [4.69, 9.17) is 30.5 Å². The molecule has 5 rings (SSSR count). The third-order valence-electron chi connectivity index (χ3n) is 5.65. The fraction of sp³-hybridized carbons (Fsp3) is 0.550. The zero-order chi connectivity index (χ0) is 21.4. The van der Waals surface area contributed by atoms with Crippen molar-refractivity contribution < 1.29 is 24.1 Å². The first-order valence-corrected chi connectivity index (χ1v) is 10.6. The molecule has 31 heavy (non-hydrogen) atoms. The van der Waals surface area contributed by atoms with Crippen LogP contribution in [0.15, 0.2) is 18.3 Å². The third-order valence-corrected chi connectivity index (χ3v) is 5.98. The van der Waals surface area contributed by atoms with Gasteiger partial charge in [-0.2, -0.15) is 10.1 Å². The summed E-state index contributed by atoms with van der Waals surface area (Å²) in [6.07, 6.45) is 1.56. The number of ether oxygens (including phenoxy) is 4. The monoisotopic (exact) mass is 449 g/mol. The van der Waals surface area contributed by atoms with E-state index in [1.54, 1.807) is 13.3 Å². The number of aryl methyl sites for hydroxylation is 2. The molecule has 0 aliphatic carbocycles. The Hall–Kier alpha value is -2.24. The predicted octanol–water partition coefficient (Wildman–Crippen LogP) is 1.15. The van der Waals surface area contributed by atoms with E-state index in [1.807, 2.05) is 16.8 Å². The van der Waals surface area contributed by atoms with Crippen molar-refractivity contribution in [2.75, 3.05) is 26.9 Å². The van der Waals surface area contributed by atoms with Crippen LogP contribution < -0.4 is 4.74 Å². The van der Waals surface area contributed by atoms with E-state index < -0.39 is 6.10 Å². The number of methoxy groups -OCH3 is 1. The summed E-state index contributed by atoms with van der Waals surface area (Å²) < 4.78 is 24.2. The van der Waals surface area contributed by atoms with Crippen LogP contribution in [0.2, 0.25) is 5.02 Å². The first kappa shape index (κ1) is 20.7. The summed E-state index contributed by atoms with van der Waals surface area (Å²) in [5, 5.41) is 14.8. The molecule has 0 saturated carbocycles. The molecule has 2 saturated heterocycles. The van der Waals surface area contributed by atoms with Gasteiger partial charge in [0.25, 0.3) is 6.01 Å². The molecule has 0 aromatic carbocycles. The molecular formula is C20H24ClN5O5. The van der Waals surface area contributed by atoms with Crippen LogP contribution >= 0.6 is 11.6 Å². The maximum atomic E-state index is 9.87. The minimum absolute atomic E-state index is 0.250. The highest BCUT2D eigenvalue weighted by Gasteiger charge is 2.48. The Morgan fingerprint density at radius 2 is 2.13 bits per heavy atom. The number of imidazole rings is 1. The predicted molar refractivity (Wildman–Crippen MR) is 110 cm³/mol. The molecule has 5 heterocycles. The number of aromatic nitrogens is 5. The maximum Gasteiger partial charge on any atom is 0.296 e. The molecule has 0 amide bonds. The van der Waals surface area contributed by atoms with Crippen molar-refractivity contribution in [2.45, 2.75) is 43.8 Å². The summed E-state index contributed by atoms with van der Waals surface area (Å²) in [6.45, 7) is 1.89. The molecule has 2 aliphatic rings. The van der Waals surface area contributed by atoms with Crippen molar-refractivity contribution in [1.29, 1.82) is 0 Å². The van der Waals surface area contributed by atoms with E-state index in [0.717, 1.165) is 17.8 Å². The summed E-state index contributed by atoms with van der Waals surface area (Å²) in [4.78, 5) is 12.2. The van der Waals surface area contributed by atoms with Crippen LogP contribution in [0.3, 0.4) is 0 Å². The molecule has 166 valence electrons. The van der Waals surface area contributed by atoms with Gasteiger partial charge < -0.3 is 29.0 Å². The Bertz CT molecular complexity index is 1060. The number of hydrogen-bond acceptors (Lipinski definition) is 8. The lowest BCUT2D eigenvalue weighted by Crippen LogP contribution is -2.34. The lowest BCUT2D eigenvalue weighted by atomic mass is 10.1. The number of nitrogens with one attached hydrogen (secondary N) is 1. The van der Waals surface area contributed by atoms with Gasteiger partial charge in [0, 0.05) is 19.0 Å². The summed E-state index contributed by atoms with van der Waals surface area (Å²) >= 11 is 6.47. The van der Waals surface area contributed by atoms with Crippen LogP contribution in [0.1, 0.15) is 11.4 Å². The molecule has 3 aromatic heterocycles. The van der Waals surface area contributed by atoms with E-state index in [9.17, 15) is 5.11 Å². The number of halogens is 1. The van der Waals surface area contributed by atoms with Crippen molar-refractivity contribution in [2.24, 2.45) is 0 Å². The molecule has 10 nitrogen and oxygen atoms in total. The quantitative estimate of drug-likeness (QED) is 0.526. The highest BCUT2D eigenvalue weighted by atomic mass is 35.5. The number of aliphatic hydroxyl groups is 1. The summed E-state index contributed by atoms with van der Waals surface area (Å²) in [5.74, 6) is 0. The van der Waals surface area contributed by atoms with Crippen molar-refractivity contribution >= 4 is 22.8 Å². The lowest BCUT2D eigenvalue weighted by Gasteiger charge is -2.15. The van der Waals surface area contributed by atoms with Crippen molar-refractivity contribution in [3.8, 4) is 6.01 Å². The zero-order valence-electron chi connectivity index (χ0n) is 17.0. The molecule has 11 heteroatoms.